The van der Waals surface area contributed by atoms with Gasteiger partial charge in [0.1, 0.15) is 0 Å². The number of nitrogens with one attached hydrogen (secondary N) is 1. The predicted octanol–water partition coefficient (Wildman–Crippen LogP) is 3.57. The van der Waals surface area contributed by atoms with Gasteiger partial charge >= 0.3 is 0 Å². The minimum Gasteiger partial charge on any atom is -0.504 e. The number of benzene rings is 1. The van der Waals surface area contributed by atoms with E-state index in [2.05, 4.69) is 15.5 Å². The van der Waals surface area contributed by atoms with E-state index in [1.54, 1.807) is 35.8 Å². The Kier molecular flexibility index (Phi) is 4.58. The van der Waals surface area contributed by atoms with Crippen molar-refractivity contribution in [1.29, 1.82) is 0 Å². The molecule has 0 bridgehead atoms. The number of phenols is 1. The highest BCUT2D eigenvalue weighted by atomic mass is 32.1. The number of hydrogen-bond acceptors (Lipinski definition) is 6. The van der Waals surface area contributed by atoms with Gasteiger partial charge in [0.05, 0.1) is 18.5 Å². The monoisotopic (exact) mass is 317 g/mol. The van der Waals surface area contributed by atoms with Crippen molar-refractivity contribution < 1.29 is 9.84 Å². The zero-order valence-electron chi connectivity index (χ0n) is 12.5. The van der Waals surface area contributed by atoms with Gasteiger partial charge in [-0.2, -0.15) is 5.10 Å². The topological polar surface area (TPSA) is 66.7 Å². The first-order chi connectivity index (χ1) is 10.8. The maximum atomic E-state index is 9.67. The van der Waals surface area contributed by atoms with E-state index in [0.717, 1.165) is 23.5 Å². The molecule has 2 N–H and O–H groups in total. The average molecular weight is 317 g/mol. The number of ether oxygens (including phenoxy) is 1. The van der Waals surface area contributed by atoms with E-state index < -0.39 is 0 Å². The first-order valence-electron chi connectivity index (χ1n) is 7.49. The van der Waals surface area contributed by atoms with E-state index in [0.29, 0.717) is 12.4 Å². The first kappa shape index (κ1) is 14.8. The lowest BCUT2D eigenvalue weighted by Crippen LogP contribution is -1.99. The Morgan fingerprint density at radius 1 is 1.41 bits per heavy atom. The van der Waals surface area contributed by atoms with E-state index in [4.69, 9.17) is 4.74 Å². The molecular formula is C16H19N3O2S. The molecular weight excluding hydrogens is 298 g/mol. The van der Waals surface area contributed by atoms with Gasteiger partial charge in [0.25, 0.3) is 0 Å². The Morgan fingerprint density at radius 3 is 3.09 bits per heavy atom. The van der Waals surface area contributed by atoms with Gasteiger partial charge in [0.2, 0.25) is 5.13 Å². The fourth-order valence-corrected chi connectivity index (χ4v) is 3.44. The molecule has 5 nitrogen and oxygen atoms in total. The summed E-state index contributed by atoms with van der Waals surface area (Å²) in [4.78, 5) is 5.95. The van der Waals surface area contributed by atoms with E-state index in [1.165, 1.54) is 23.4 Å². The van der Waals surface area contributed by atoms with Crippen LogP contribution in [0, 0.1) is 0 Å². The van der Waals surface area contributed by atoms with Crippen LogP contribution in [-0.4, -0.2) is 22.9 Å². The van der Waals surface area contributed by atoms with Crippen LogP contribution >= 0.6 is 11.3 Å². The summed E-state index contributed by atoms with van der Waals surface area (Å²) >= 11 is 1.68. The summed E-state index contributed by atoms with van der Waals surface area (Å²) in [6.07, 6.45) is 6.39. The summed E-state index contributed by atoms with van der Waals surface area (Å²) in [5.41, 5.74) is 5.07. The lowest BCUT2D eigenvalue weighted by atomic mass is 10.0. The van der Waals surface area contributed by atoms with Crippen LogP contribution in [0.3, 0.4) is 0 Å². The van der Waals surface area contributed by atoms with Crippen LogP contribution in [0.4, 0.5) is 5.13 Å². The van der Waals surface area contributed by atoms with Gasteiger partial charge < -0.3 is 9.84 Å². The molecule has 0 unspecified atom stereocenters. The number of hydrazone groups is 1. The number of aromatic nitrogens is 1. The van der Waals surface area contributed by atoms with Crippen molar-refractivity contribution in [2.75, 3.05) is 12.0 Å². The summed E-state index contributed by atoms with van der Waals surface area (Å²) in [5.74, 6) is 0.607. The van der Waals surface area contributed by atoms with Crippen LogP contribution in [0.15, 0.2) is 23.3 Å². The van der Waals surface area contributed by atoms with Crippen LogP contribution in [0.25, 0.3) is 0 Å². The Labute approximate surface area is 133 Å². The third kappa shape index (κ3) is 3.39. The Morgan fingerprint density at radius 2 is 2.27 bits per heavy atom. The van der Waals surface area contributed by atoms with E-state index in [1.807, 2.05) is 6.92 Å². The summed E-state index contributed by atoms with van der Waals surface area (Å²) in [5, 5.41) is 14.7. The van der Waals surface area contributed by atoms with E-state index in [-0.39, 0.29) is 5.75 Å². The quantitative estimate of drug-likeness (QED) is 0.653. The number of phenolic OH excluding ortho intramolecular Hbond substituents is 1. The molecule has 0 spiro atoms. The predicted molar refractivity (Wildman–Crippen MR) is 89.2 cm³/mol. The zero-order chi connectivity index (χ0) is 15.4. The molecule has 1 heterocycles. The number of aryl methyl sites for hydroxylation is 2. The van der Waals surface area contributed by atoms with Gasteiger partial charge in [-0.1, -0.05) is 0 Å². The maximum absolute atomic E-state index is 9.67. The molecule has 0 radical (unpaired) electrons. The molecule has 0 saturated carbocycles. The molecule has 6 heteroatoms. The van der Waals surface area contributed by atoms with Crippen molar-refractivity contribution in [2.24, 2.45) is 5.10 Å². The third-order valence-corrected chi connectivity index (χ3v) is 4.57. The first-order valence-corrected chi connectivity index (χ1v) is 8.31. The van der Waals surface area contributed by atoms with Crippen molar-refractivity contribution in [1.82, 2.24) is 4.98 Å². The summed E-state index contributed by atoms with van der Waals surface area (Å²) in [6.45, 7) is 2.39. The molecule has 3 rings (SSSR count). The number of thiazole rings is 1. The minimum absolute atomic E-state index is 0.138. The van der Waals surface area contributed by atoms with Gasteiger partial charge in [-0.15, -0.1) is 11.3 Å². The van der Waals surface area contributed by atoms with Crippen LogP contribution in [0.1, 0.15) is 35.9 Å². The highest BCUT2D eigenvalue weighted by Gasteiger charge is 2.14. The number of aromatic hydroxyl groups is 1. The number of anilines is 1. The Balaban J connectivity index is 1.66. The lowest BCUT2D eigenvalue weighted by Gasteiger charge is -2.06. The lowest BCUT2D eigenvalue weighted by molar-refractivity contribution is 0.318. The highest BCUT2D eigenvalue weighted by molar-refractivity contribution is 7.15. The van der Waals surface area contributed by atoms with Crippen molar-refractivity contribution in [3.63, 3.8) is 0 Å². The molecule has 1 aliphatic carbocycles. The van der Waals surface area contributed by atoms with Gasteiger partial charge in [-0.05, 0) is 56.4 Å². The smallest absolute Gasteiger partial charge is 0.203 e. The molecule has 116 valence electrons. The van der Waals surface area contributed by atoms with Gasteiger partial charge in [-0.25, -0.2) is 4.98 Å². The molecule has 2 aromatic rings. The van der Waals surface area contributed by atoms with Gasteiger partial charge in [0.15, 0.2) is 11.5 Å². The SMILES string of the molecule is CCOc1cc(C=NNc2nc3c(s2)CCCC3)ccc1O. The molecule has 0 saturated heterocycles. The summed E-state index contributed by atoms with van der Waals surface area (Å²) < 4.78 is 5.35. The molecule has 1 aromatic heterocycles. The molecule has 22 heavy (non-hydrogen) atoms. The Hall–Kier alpha value is -2.08. The van der Waals surface area contributed by atoms with Crippen LogP contribution < -0.4 is 10.2 Å². The third-order valence-electron chi connectivity index (χ3n) is 3.50. The number of rotatable bonds is 5. The molecule has 1 aliphatic rings. The van der Waals surface area contributed by atoms with Crippen molar-refractivity contribution >= 4 is 22.7 Å². The second-order valence-electron chi connectivity index (χ2n) is 5.13. The van der Waals surface area contributed by atoms with Crippen LogP contribution in [0.5, 0.6) is 11.5 Å². The standard InChI is InChI=1S/C16H19N3O2S/c1-2-21-14-9-11(7-8-13(14)20)10-17-19-16-18-12-5-3-4-6-15(12)22-16/h7-10,20H,2-6H2,1H3,(H,18,19). The second kappa shape index (κ2) is 6.79. The molecule has 0 atom stereocenters. The molecule has 1 aromatic carbocycles. The average Bonchev–Trinajstić information content (AvgIpc) is 2.93. The number of nitrogens with zero attached hydrogens (tertiary/aromatic N) is 2. The molecule has 0 amide bonds. The normalized spacial score (nSPS) is 14.0. The largest absolute Gasteiger partial charge is 0.504 e. The highest BCUT2D eigenvalue weighted by Crippen LogP contribution is 2.29. The van der Waals surface area contributed by atoms with Crippen molar-refractivity contribution in [2.45, 2.75) is 32.6 Å². The molecule has 0 aliphatic heterocycles. The fourth-order valence-electron chi connectivity index (χ4n) is 2.44. The maximum Gasteiger partial charge on any atom is 0.203 e. The summed E-state index contributed by atoms with van der Waals surface area (Å²) in [6, 6.07) is 5.15. The fraction of sp³-hybridized carbons (Fsp3) is 0.375. The van der Waals surface area contributed by atoms with E-state index >= 15 is 0 Å². The van der Waals surface area contributed by atoms with Gasteiger partial charge in [-0.3, -0.25) is 5.43 Å². The Bertz CT molecular complexity index is 659. The van der Waals surface area contributed by atoms with Crippen LogP contribution in [0.2, 0.25) is 0 Å². The van der Waals surface area contributed by atoms with Crippen molar-refractivity contribution in [3.05, 3.63) is 34.3 Å². The second-order valence-corrected chi connectivity index (χ2v) is 6.21. The zero-order valence-corrected chi connectivity index (χ0v) is 13.3. The number of fused-ring (bicyclic) bond motifs is 1. The van der Waals surface area contributed by atoms with Gasteiger partial charge in [0, 0.05) is 4.88 Å². The minimum atomic E-state index is 0.138. The van der Waals surface area contributed by atoms with Crippen molar-refractivity contribution in [3.8, 4) is 11.5 Å². The summed E-state index contributed by atoms with van der Waals surface area (Å²) in [7, 11) is 0. The van der Waals surface area contributed by atoms with Crippen LogP contribution in [-0.2, 0) is 12.8 Å². The molecule has 0 fully saturated rings. The van der Waals surface area contributed by atoms with E-state index in [9.17, 15) is 5.11 Å². The number of hydrogen-bond donors (Lipinski definition) is 2.